The Morgan fingerprint density at radius 2 is 2.00 bits per heavy atom. The first-order chi connectivity index (χ1) is 10.5. The van der Waals surface area contributed by atoms with Gasteiger partial charge in [-0.2, -0.15) is 0 Å². The lowest BCUT2D eigenvalue weighted by Gasteiger charge is -2.12. The summed E-state index contributed by atoms with van der Waals surface area (Å²) >= 11 is 1.27. The zero-order valence-corrected chi connectivity index (χ0v) is 13.6. The molecule has 0 saturated heterocycles. The SMILES string of the molecule is CCC(C)Nc1ncnc(Sc2ccc(C)cc2)c1[N+](=O)[O-]. The topological polar surface area (TPSA) is 81.0 Å². The lowest BCUT2D eigenvalue weighted by atomic mass is 10.2. The third-order valence-corrected chi connectivity index (χ3v) is 4.20. The average molecular weight is 318 g/mol. The van der Waals surface area contributed by atoms with Crippen LogP contribution >= 0.6 is 11.8 Å². The molecule has 0 fully saturated rings. The molecule has 0 spiro atoms. The number of nitrogens with zero attached hydrogens (tertiary/aromatic N) is 3. The van der Waals surface area contributed by atoms with E-state index >= 15 is 0 Å². The molecule has 0 bridgehead atoms. The molecule has 0 aliphatic heterocycles. The van der Waals surface area contributed by atoms with Gasteiger partial charge in [-0.25, -0.2) is 9.97 Å². The van der Waals surface area contributed by atoms with Gasteiger partial charge in [0, 0.05) is 10.9 Å². The van der Waals surface area contributed by atoms with Crippen molar-refractivity contribution in [3.63, 3.8) is 0 Å². The molecule has 0 aliphatic carbocycles. The maximum Gasteiger partial charge on any atom is 0.343 e. The van der Waals surface area contributed by atoms with Gasteiger partial charge in [0.05, 0.1) is 4.92 Å². The molecule has 6 nitrogen and oxygen atoms in total. The van der Waals surface area contributed by atoms with Crippen LogP contribution in [-0.2, 0) is 0 Å². The van der Waals surface area contributed by atoms with Crippen molar-refractivity contribution in [1.82, 2.24) is 9.97 Å². The molecule has 1 unspecified atom stereocenters. The Labute approximate surface area is 133 Å². The number of hydrogen-bond donors (Lipinski definition) is 1. The molecule has 2 rings (SSSR count). The van der Waals surface area contributed by atoms with Gasteiger partial charge in [-0.05, 0) is 32.4 Å². The van der Waals surface area contributed by atoms with E-state index in [9.17, 15) is 10.1 Å². The number of anilines is 1. The van der Waals surface area contributed by atoms with E-state index in [4.69, 9.17) is 0 Å². The van der Waals surface area contributed by atoms with Gasteiger partial charge in [0.1, 0.15) is 6.33 Å². The largest absolute Gasteiger partial charge is 0.362 e. The fourth-order valence-electron chi connectivity index (χ4n) is 1.76. The quantitative estimate of drug-likeness (QED) is 0.491. The summed E-state index contributed by atoms with van der Waals surface area (Å²) in [5.74, 6) is 0.268. The van der Waals surface area contributed by atoms with E-state index in [0.717, 1.165) is 16.9 Å². The Morgan fingerprint density at radius 1 is 1.32 bits per heavy atom. The van der Waals surface area contributed by atoms with E-state index in [0.29, 0.717) is 5.03 Å². The average Bonchev–Trinajstić information content (AvgIpc) is 2.49. The van der Waals surface area contributed by atoms with Gasteiger partial charge in [-0.1, -0.05) is 36.4 Å². The van der Waals surface area contributed by atoms with Crippen LogP contribution in [0, 0.1) is 17.0 Å². The highest BCUT2D eigenvalue weighted by atomic mass is 32.2. The zero-order chi connectivity index (χ0) is 16.1. The van der Waals surface area contributed by atoms with Crippen LogP contribution in [0.2, 0.25) is 0 Å². The molecular weight excluding hydrogens is 300 g/mol. The first-order valence-corrected chi connectivity index (χ1v) is 7.83. The Bertz CT molecular complexity index is 661. The van der Waals surface area contributed by atoms with Crippen molar-refractivity contribution in [2.75, 3.05) is 5.32 Å². The minimum atomic E-state index is -0.429. The fourth-order valence-corrected chi connectivity index (χ4v) is 2.62. The zero-order valence-electron chi connectivity index (χ0n) is 12.7. The molecule has 0 aliphatic rings. The van der Waals surface area contributed by atoms with Crippen LogP contribution in [0.25, 0.3) is 0 Å². The first kappa shape index (κ1) is 16.2. The number of aryl methyl sites for hydroxylation is 1. The highest BCUT2D eigenvalue weighted by Crippen LogP contribution is 2.36. The highest BCUT2D eigenvalue weighted by Gasteiger charge is 2.24. The van der Waals surface area contributed by atoms with Crippen LogP contribution in [-0.4, -0.2) is 20.9 Å². The highest BCUT2D eigenvalue weighted by molar-refractivity contribution is 7.99. The summed E-state index contributed by atoms with van der Waals surface area (Å²) in [4.78, 5) is 20.0. The van der Waals surface area contributed by atoms with Gasteiger partial charge >= 0.3 is 5.69 Å². The predicted octanol–water partition coefficient (Wildman–Crippen LogP) is 4.05. The van der Waals surface area contributed by atoms with E-state index in [1.54, 1.807) is 0 Å². The van der Waals surface area contributed by atoms with Crippen molar-refractivity contribution in [3.05, 3.63) is 46.3 Å². The fraction of sp³-hybridized carbons (Fsp3) is 0.333. The smallest absolute Gasteiger partial charge is 0.343 e. The standard InChI is InChI=1S/C15H18N4O2S/c1-4-11(3)18-14-13(19(20)21)15(17-9-16-14)22-12-7-5-10(2)6-8-12/h5-9,11H,4H2,1-3H3,(H,16,17,18). The molecule has 1 atom stereocenters. The van der Waals surface area contributed by atoms with Gasteiger partial charge in [-0.3, -0.25) is 10.1 Å². The molecule has 0 saturated carbocycles. The van der Waals surface area contributed by atoms with Crippen LogP contribution in [0.3, 0.4) is 0 Å². The third kappa shape index (κ3) is 3.94. The summed E-state index contributed by atoms with van der Waals surface area (Å²) in [7, 11) is 0. The molecule has 1 aromatic heterocycles. The van der Waals surface area contributed by atoms with Crippen LogP contribution < -0.4 is 5.32 Å². The number of hydrogen-bond acceptors (Lipinski definition) is 6. The van der Waals surface area contributed by atoms with Crippen molar-refractivity contribution in [2.45, 2.75) is 43.2 Å². The summed E-state index contributed by atoms with van der Waals surface area (Å²) < 4.78 is 0. The lowest BCUT2D eigenvalue weighted by molar-refractivity contribution is -0.387. The number of nitrogens with one attached hydrogen (secondary N) is 1. The van der Waals surface area contributed by atoms with E-state index in [-0.39, 0.29) is 17.5 Å². The van der Waals surface area contributed by atoms with Crippen molar-refractivity contribution in [3.8, 4) is 0 Å². The molecule has 7 heteroatoms. The number of aromatic nitrogens is 2. The monoisotopic (exact) mass is 318 g/mol. The summed E-state index contributed by atoms with van der Waals surface area (Å²) in [6.45, 7) is 5.96. The Morgan fingerprint density at radius 3 is 2.59 bits per heavy atom. The van der Waals surface area contributed by atoms with Crippen LogP contribution in [0.4, 0.5) is 11.5 Å². The van der Waals surface area contributed by atoms with Gasteiger partial charge in [-0.15, -0.1) is 0 Å². The van der Waals surface area contributed by atoms with Gasteiger partial charge in [0.2, 0.25) is 5.82 Å². The van der Waals surface area contributed by atoms with Crippen molar-refractivity contribution in [1.29, 1.82) is 0 Å². The maximum atomic E-state index is 11.4. The molecule has 1 heterocycles. The van der Waals surface area contributed by atoms with Crippen LogP contribution in [0.1, 0.15) is 25.8 Å². The molecule has 116 valence electrons. The summed E-state index contributed by atoms with van der Waals surface area (Å²) in [6.07, 6.45) is 2.20. The molecule has 1 aromatic carbocycles. The normalized spacial score (nSPS) is 12.0. The van der Waals surface area contributed by atoms with Crippen LogP contribution in [0.5, 0.6) is 0 Å². The number of benzene rings is 1. The molecular formula is C15H18N4O2S. The summed E-state index contributed by atoms with van der Waals surface area (Å²) in [5, 5.41) is 14.8. The molecule has 1 N–H and O–H groups in total. The molecule has 0 radical (unpaired) electrons. The molecule has 22 heavy (non-hydrogen) atoms. The Hall–Kier alpha value is -2.15. The summed E-state index contributed by atoms with van der Waals surface area (Å²) in [5.41, 5.74) is 1.06. The Kier molecular flexibility index (Phi) is 5.32. The summed E-state index contributed by atoms with van der Waals surface area (Å²) in [6, 6.07) is 7.88. The van der Waals surface area contributed by atoms with Crippen LogP contribution in [0.15, 0.2) is 40.5 Å². The first-order valence-electron chi connectivity index (χ1n) is 7.01. The van der Waals surface area contributed by atoms with Crippen molar-refractivity contribution >= 4 is 23.3 Å². The minimum Gasteiger partial charge on any atom is -0.362 e. The lowest BCUT2D eigenvalue weighted by Crippen LogP contribution is -2.16. The molecule has 2 aromatic rings. The minimum absolute atomic E-state index is 0.0756. The van der Waals surface area contributed by atoms with E-state index in [1.807, 2.05) is 45.0 Å². The second-order valence-corrected chi connectivity index (χ2v) is 6.06. The second kappa shape index (κ2) is 7.22. The predicted molar refractivity (Wildman–Crippen MR) is 87.4 cm³/mol. The van der Waals surface area contributed by atoms with Crippen molar-refractivity contribution in [2.24, 2.45) is 0 Å². The van der Waals surface area contributed by atoms with Gasteiger partial charge < -0.3 is 5.32 Å². The Balaban J connectivity index is 2.36. The molecule has 0 amide bonds. The van der Waals surface area contributed by atoms with Gasteiger partial charge in [0.15, 0.2) is 5.03 Å². The third-order valence-electron chi connectivity index (χ3n) is 3.20. The van der Waals surface area contributed by atoms with E-state index in [2.05, 4.69) is 15.3 Å². The number of nitro groups is 1. The van der Waals surface area contributed by atoms with Gasteiger partial charge in [0.25, 0.3) is 0 Å². The van der Waals surface area contributed by atoms with E-state index in [1.165, 1.54) is 18.1 Å². The second-order valence-electron chi connectivity index (χ2n) is 5.00. The van der Waals surface area contributed by atoms with E-state index < -0.39 is 4.92 Å². The van der Waals surface area contributed by atoms with Crippen molar-refractivity contribution < 1.29 is 4.92 Å². The number of rotatable bonds is 6. The maximum absolute atomic E-state index is 11.4.